The largest absolute Gasteiger partial charge is 0.310 e. The molecule has 0 fully saturated rings. The molecular weight excluding hydrogens is 741 g/mol. The molecule has 12 aromatic rings. The van der Waals surface area contributed by atoms with Crippen molar-refractivity contribution in [3.8, 4) is 0 Å². The van der Waals surface area contributed by atoms with E-state index in [0.717, 1.165) is 34.1 Å². The summed E-state index contributed by atoms with van der Waals surface area (Å²) in [5.74, 6) is 0. The van der Waals surface area contributed by atoms with E-state index in [0.29, 0.717) is 0 Å². The third-order valence-electron chi connectivity index (χ3n) is 11.6. The highest BCUT2D eigenvalue weighted by Crippen LogP contribution is 2.46. The fraction of sp³-hybridized carbons (Fsp3) is 0. The molecule has 2 nitrogen and oxygen atoms in total. The zero-order valence-corrected chi connectivity index (χ0v) is 33.0. The number of thiophene rings is 2. The Balaban J connectivity index is 1.05. The molecule has 0 saturated carbocycles. The van der Waals surface area contributed by atoms with Crippen molar-refractivity contribution in [1.29, 1.82) is 0 Å². The molecule has 10 aromatic carbocycles. The molecule has 4 heteroatoms. The van der Waals surface area contributed by atoms with Gasteiger partial charge in [-0.25, -0.2) is 0 Å². The van der Waals surface area contributed by atoms with E-state index in [1.54, 1.807) is 0 Å². The first-order valence-corrected chi connectivity index (χ1v) is 21.3. The van der Waals surface area contributed by atoms with Gasteiger partial charge in [-0.3, -0.25) is 0 Å². The molecule has 0 amide bonds. The van der Waals surface area contributed by atoms with Crippen LogP contribution in [0.1, 0.15) is 0 Å². The highest BCUT2D eigenvalue weighted by Gasteiger charge is 2.19. The molecule has 0 aliphatic carbocycles. The third kappa shape index (κ3) is 5.30. The minimum atomic E-state index is 1.13. The number of fused-ring (bicyclic) bond motifs is 12. The van der Waals surface area contributed by atoms with Crippen LogP contribution in [0.2, 0.25) is 0 Å². The summed E-state index contributed by atoms with van der Waals surface area (Å²) < 4.78 is 5.24. The summed E-state index contributed by atoms with van der Waals surface area (Å²) in [6.45, 7) is 0. The van der Waals surface area contributed by atoms with Crippen LogP contribution in [0.3, 0.4) is 0 Å². The number of nitrogens with zero attached hydrogens (tertiary/aromatic N) is 2. The van der Waals surface area contributed by atoms with Gasteiger partial charge in [0, 0.05) is 74.5 Å². The molecule has 0 aliphatic rings. The molecule has 2 heterocycles. The number of rotatable bonds is 6. The molecule has 0 unspecified atom stereocenters. The van der Waals surface area contributed by atoms with Gasteiger partial charge in [-0.15, -0.1) is 22.7 Å². The molecule has 0 bridgehead atoms. The van der Waals surface area contributed by atoms with Gasteiger partial charge in [0.2, 0.25) is 0 Å². The van der Waals surface area contributed by atoms with Crippen LogP contribution in [0.25, 0.3) is 72.7 Å². The Kier molecular flexibility index (Phi) is 7.62. The summed E-state index contributed by atoms with van der Waals surface area (Å²) >= 11 is 3.72. The van der Waals surface area contributed by atoms with Gasteiger partial charge < -0.3 is 9.80 Å². The monoisotopic (exact) mass is 774 g/mol. The highest BCUT2D eigenvalue weighted by molar-refractivity contribution is 7.26. The van der Waals surface area contributed by atoms with Crippen LogP contribution in [-0.2, 0) is 0 Å². The molecule has 12 rings (SSSR count). The van der Waals surface area contributed by atoms with Crippen LogP contribution in [0.5, 0.6) is 0 Å². The predicted octanol–water partition coefficient (Wildman–Crippen LogP) is 16.8. The molecular formula is C54H34N2S2. The lowest BCUT2D eigenvalue weighted by atomic mass is 9.93. The first-order valence-electron chi connectivity index (χ1n) is 19.7. The molecule has 0 spiro atoms. The summed E-state index contributed by atoms with van der Waals surface area (Å²) in [7, 11) is 0. The number of hydrogen-bond acceptors (Lipinski definition) is 4. The minimum Gasteiger partial charge on any atom is -0.310 e. The van der Waals surface area contributed by atoms with E-state index in [2.05, 4.69) is 216 Å². The quantitative estimate of drug-likeness (QED) is 0.155. The molecule has 0 atom stereocenters. The lowest BCUT2D eigenvalue weighted by Crippen LogP contribution is -2.10. The van der Waals surface area contributed by atoms with E-state index in [9.17, 15) is 0 Å². The van der Waals surface area contributed by atoms with Crippen molar-refractivity contribution in [2.75, 3.05) is 9.80 Å². The van der Waals surface area contributed by atoms with Crippen LogP contribution in [0, 0.1) is 0 Å². The molecule has 0 saturated heterocycles. The molecule has 0 N–H and O–H groups in total. The van der Waals surface area contributed by atoms with Crippen molar-refractivity contribution in [3.05, 3.63) is 206 Å². The molecule has 0 aliphatic heterocycles. The van der Waals surface area contributed by atoms with E-state index >= 15 is 0 Å². The second-order valence-electron chi connectivity index (χ2n) is 14.9. The van der Waals surface area contributed by atoms with E-state index < -0.39 is 0 Å². The maximum atomic E-state index is 2.40. The van der Waals surface area contributed by atoms with Crippen molar-refractivity contribution in [3.63, 3.8) is 0 Å². The van der Waals surface area contributed by atoms with Crippen molar-refractivity contribution >= 4 is 129 Å². The Labute approximate surface area is 343 Å². The first-order chi connectivity index (χ1) is 28.7. The second-order valence-corrected chi connectivity index (χ2v) is 17.1. The average Bonchev–Trinajstić information content (AvgIpc) is 3.85. The predicted molar refractivity (Wildman–Crippen MR) is 254 cm³/mol. The normalized spacial score (nSPS) is 11.8. The fourth-order valence-electron chi connectivity index (χ4n) is 8.97. The third-order valence-corrected chi connectivity index (χ3v) is 13.9. The number of benzene rings is 10. The lowest BCUT2D eigenvalue weighted by molar-refractivity contribution is 1.29. The van der Waals surface area contributed by atoms with Crippen molar-refractivity contribution < 1.29 is 0 Å². The smallest absolute Gasteiger partial charge is 0.0468 e. The Morgan fingerprint density at radius 2 is 0.517 bits per heavy atom. The van der Waals surface area contributed by atoms with Crippen LogP contribution >= 0.6 is 22.7 Å². The van der Waals surface area contributed by atoms with Crippen molar-refractivity contribution in [2.45, 2.75) is 0 Å². The summed E-state index contributed by atoms with van der Waals surface area (Å²) in [6, 6.07) is 75.8. The fourth-order valence-corrected chi connectivity index (χ4v) is 11.1. The van der Waals surface area contributed by atoms with E-state index in [1.807, 2.05) is 22.7 Å². The Bertz CT molecular complexity index is 3270. The summed E-state index contributed by atoms with van der Waals surface area (Å²) in [5.41, 5.74) is 6.81. The van der Waals surface area contributed by atoms with Gasteiger partial charge in [-0.1, -0.05) is 109 Å². The standard InChI is InChI=1S/C54H34N2S2/c1-3-13-35(14-4-1)55(39-25-29-53-49(33-39)45-19-9-11-21-51(45)57-53)37-23-27-43-44-28-24-38(32-48(44)42-18-8-7-17-41(42)47(43)31-37)56(36-15-5-2-6-16-36)40-26-30-54-50(34-40)46-20-10-12-22-52(46)58-54/h1-34H. The molecule has 58 heavy (non-hydrogen) atoms. The van der Waals surface area contributed by atoms with Crippen molar-refractivity contribution in [1.82, 2.24) is 0 Å². The van der Waals surface area contributed by atoms with Crippen LogP contribution in [0.4, 0.5) is 34.1 Å². The minimum absolute atomic E-state index is 1.13. The zero-order valence-electron chi connectivity index (χ0n) is 31.3. The Morgan fingerprint density at radius 1 is 0.207 bits per heavy atom. The maximum Gasteiger partial charge on any atom is 0.0468 e. The van der Waals surface area contributed by atoms with Crippen LogP contribution in [0.15, 0.2) is 206 Å². The molecule has 272 valence electrons. The maximum absolute atomic E-state index is 2.40. The van der Waals surface area contributed by atoms with Crippen LogP contribution in [-0.4, -0.2) is 0 Å². The van der Waals surface area contributed by atoms with Crippen LogP contribution < -0.4 is 9.80 Å². The summed E-state index contributed by atoms with van der Waals surface area (Å²) in [5, 5.41) is 12.7. The van der Waals surface area contributed by atoms with E-state index in [-0.39, 0.29) is 0 Å². The Morgan fingerprint density at radius 3 is 0.948 bits per heavy atom. The van der Waals surface area contributed by atoms with E-state index in [1.165, 1.54) is 72.7 Å². The SMILES string of the molecule is c1ccc(N(c2ccc3sc4ccccc4c3c2)c2ccc3c4ccc(N(c5ccccc5)c5ccc6sc7ccccc7c6c5)cc4c4ccccc4c3c2)cc1. The number of hydrogen-bond donors (Lipinski definition) is 0. The van der Waals surface area contributed by atoms with Gasteiger partial charge in [0.15, 0.2) is 0 Å². The number of anilines is 6. The molecule has 0 radical (unpaired) electrons. The van der Waals surface area contributed by atoms with Gasteiger partial charge in [0.05, 0.1) is 0 Å². The zero-order chi connectivity index (χ0) is 38.2. The Hall–Kier alpha value is -6.98. The topological polar surface area (TPSA) is 6.48 Å². The molecule has 2 aromatic heterocycles. The summed E-state index contributed by atoms with van der Waals surface area (Å²) in [6.07, 6.45) is 0. The second kappa shape index (κ2) is 13.3. The number of para-hydroxylation sites is 2. The lowest BCUT2D eigenvalue weighted by Gasteiger charge is -2.27. The first kappa shape index (κ1) is 33.2. The van der Waals surface area contributed by atoms with Gasteiger partial charge >= 0.3 is 0 Å². The van der Waals surface area contributed by atoms with Gasteiger partial charge in [-0.2, -0.15) is 0 Å². The average molecular weight is 775 g/mol. The van der Waals surface area contributed by atoms with Gasteiger partial charge in [-0.05, 0) is 129 Å². The van der Waals surface area contributed by atoms with E-state index in [4.69, 9.17) is 0 Å². The van der Waals surface area contributed by atoms with Gasteiger partial charge in [0.1, 0.15) is 0 Å². The van der Waals surface area contributed by atoms with Gasteiger partial charge in [0.25, 0.3) is 0 Å². The summed E-state index contributed by atoms with van der Waals surface area (Å²) in [4.78, 5) is 4.80. The van der Waals surface area contributed by atoms with Crippen molar-refractivity contribution in [2.24, 2.45) is 0 Å². The highest BCUT2D eigenvalue weighted by atomic mass is 32.1.